The van der Waals surface area contributed by atoms with Gasteiger partial charge in [-0.1, -0.05) is 18.2 Å². The second kappa shape index (κ2) is 4.44. The molecule has 1 atom stereocenters. The number of para-hydroxylation sites is 1. The van der Waals surface area contributed by atoms with Gasteiger partial charge in [0.15, 0.2) is 0 Å². The topological polar surface area (TPSA) is 27.7 Å². The average molecular weight is 194 g/mol. The van der Waals surface area contributed by atoms with E-state index in [9.17, 15) is 0 Å². The number of rotatable bonds is 3. The summed E-state index contributed by atoms with van der Waals surface area (Å²) in [5.41, 5.74) is 1.10. The zero-order valence-corrected chi connectivity index (χ0v) is 8.23. The maximum absolute atomic E-state index is 5.59. The second-order valence-electron chi connectivity index (χ2n) is 3.13. The molecular formula is C11H14O3. The van der Waals surface area contributed by atoms with Crippen LogP contribution in [0.5, 0.6) is 5.75 Å². The number of benzene rings is 1. The standard InChI is InChI=1S/C11H14O3/c1-2-12-8-11-13-7-9-5-3-4-6-10(9)14-11/h3-6,11H,2,7-8H2,1H3. The minimum absolute atomic E-state index is 0.259. The summed E-state index contributed by atoms with van der Waals surface area (Å²) in [7, 11) is 0. The molecule has 1 heterocycles. The number of hydrogen-bond donors (Lipinski definition) is 0. The molecule has 3 nitrogen and oxygen atoms in total. The first-order valence-corrected chi connectivity index (χ1v) is 4.84. The molecule has 1 unspecified atom stereocenters. The Morgan fingerprint density at radius 1 is 1.43 bits per heavy atom. The minimum atomic E-state index is -0.259. The summed E-state index contributed by atoms with van der Waals surface area (Å²) >= 11 is 0. The lowest BCUT2D eigenvalue weighted by atomic mass is 10.2. The quantitative estimate of drug-likeness (QED) is 0.736. The van der Waals surface area contributed by atoms with Crippen molar-refractivity contribution >= 4 is 0 Å². The Kier molecular flexibility index (Phi) is 3.01. The Morgan fingerprint density at radius 3 is 3.14 bits per heavy atom. The fourth-order valence-electron chi connectivity index (χ4n) is 1.39. The summed E-state index contributed by atoms with van der Waals surface area (Å²) in [6, 6.07) is 7.90. The molecule has 1 aromatic carbocycles. The van der Waals surface area contributed by atoms with E-state index in [2.05, 4.69) is 0 Å². The van der Waals surface area contributed by atoms with Gasteiger partial charge in [0.1, 0.15) is 12.4 Å². The molecule has 1 aliphatic rings. The molecule has 0 amide bonds. The Labute approximate surface area is 83.6 Å². The van der Waals surface area contributed by atoms with Crippen molar-refractivity contribution in [3.05, 3.63) is 29.8 Å². The van der Waals surface area contributed by atoms with Crippen LogP contribution in [0, 0.1) is 0 Å². The van der Waals surface area contributed by atoms with E-state index in [1.165, 1.54) is 0 Å². The van der Waals surface area contributed by atoms with Crippen LogP contribution in [0.2, 0.25) is 0 Å². The highest BCUT2D eigenvalue weighted by atomic mass is 16.7. The molecule has 0 fully saturated rings. The molecule has 0 aliphatic carbocycles. The Hall–Kier alpha value is -1.06. The lowest BCUT2D eigenvalue weighted by molar-refractivity contribution is -0.141. The predicted octanol–water partition coefficient (Wildman–Crippen LogP) is 1.96. The van der Waals surface area contributed by atoms with Gasteiger partial charge in [-0.05, 0) is 13.0 Å². The Balaban J connectivity index is 1.99. The van der Waals surface area contributed by atoms with E-state index >= 15 is 0 Å². The monoisotopic (exact) mass is 194 g/mol. The van der Waals surface area contributed by atoms with E-state index in [0.717, 1.165) is 11.3 Å². The lowest BCUT2D eigenvalue weighted by Gasteiger charge is -2.25. The van der Waals surface area contributed by atoms with Gasteiger partial charge >= 0.3 is 0 Å². The molecule has 0 aromatic heterocycles. The van der Waals surface area contributed by atoms with Crippen LogP contribution in [-0.2, 0) is 16.1 Å². The van der Waals surface area contributed by atoms with Gasteiger partial charge in [-0.25, -0.2) is 0 Å². The third kappa shape index (κ3) is 2.05. The van der Waals surface area contributed by atoms with Gasteiger partial charge in [0.25, 0.3) is 0 Å². The van der Waals surface area contributed by atoms with Crippen molar-refractivity contribution in [2.24, 2.45) is 0 Å². The lowest BCUT2D eigenvalue weighted by Crippen LogP contribution is -2.30. The maximum Gasteiger partial charge on any atom is 0.223 e. The third-order valence-corrected chi connectivity index (χ3v) is 2.11. The molecule has 0 spiro atoms. The normalized spacial score (nSPS) is 19.9. The SMILES string of the molecule is CCOCC1OCc2ccccc2O1. The number of fused-ring (bicyclic) bond motifs is 1. The van der Waals surface area contributed by atoms with Gasteiger partial charge in [-0.3, -0.25) is 0 Å². The molecule has 0 saturated carbocycles. The Morgan fingerprint density at radius 2 is 2.29 bits per heavy atom. The van der Waals surface area contributed by atoms with Crippen LogP contribution in [0.3, 0.4) is 0 Å². The van der Waals surface area contributed by atoms with E-state index in [1.54, 1.807) is 0 Å². The number of hydrogen-bond acceptors (Lipinski definition) is 3. The van der Waals surface area contributed by atoms with Crippen LogP contribution in [0.15, 0.2) is 24.3 Å². The van der Waals surface area contributed by atoms with Gasteiger partial charge < -0.3 is 14.2 Å². The number of ether oxygens (including phenoxy) is 3. The van der Waals surface area contributed by atoms with Crippen LogP contribution in [-0.4, -0.2) is 19.5 Å². The molecule has 76 valence electrons. The van der Waals surface area contributed by atoms with Crippen LogP contribution < -0.4 is 4.74 Å². The van der Waals surface area contributed by atoms with Crippen molar-refractivity contribution in [2.45, 2.75) is 19.8 Å². The molecule has 2 rings (SSSR count). The van der Waals surface area contributed by atoms with Crippen LogP contribution in [0.4, 0.5) is 0 Å². The van der Waals surface area contributed by atoms with Crippen molar-refractivity contribution in [1.29, 1.82) is 0 Å². The highest BCUT2D eigenvalue weighted by Gasteiger charge is 2.19. The Bertz CT molecular complexity index is 298. The first-order valence-electron chi connectivity index (χ1n) is 4.84. The van der Waals surface area contributed by atoms with Gasteiger partial charge in [0.05, 0.1) is 6.61 Å². The maximum atomic E-state index is 5.59. The molecule has 1 aromatic rings. The molecule has 1 aliphatic heterocycles. The van der Waals surface area contributed by atoms with Crippen molar-refractivity contribution in [1.82, 2.24) is 0 Å². The zero-order valence-electron chi connectivity index (χ0n) is 8.23. The summed E-state index contributed by atoms with van der Waals surface area (Å²) in [5.74, 6) is 0.906. The van der Waals surface area contributed by atoms with E-state index < -0.39 is 0 Å². The molecule has 0 radical (unpaired) electrons. The van der Waals surface area contributed by atoms with Gasteiger partial charge in [0.2, 0.25) is 6.29 Å². The summed E-state index contributed by atoms with van der Waals surface area (Å²) in [6.07, 6.45) is -0.259. The van der Waals surface area contributed by atoms with Crippen LogP contribution in [0.25, 0.3) is 0 Å². The largest absolute Gasteiger partial charge is 0.462 e. The molecular weight excluding hydrogens is 180 g/mol. The molecule has 3 heteroatoms. The van der Waals surface area contributed by atoms with Crippen molar-refractivity contribution < 1.29 is 14.2 Å². The zero-order chi connectivity index (χ0) is 9.80. The minimum Gasteiger partial charge on any atom is -0.462 e. The molecule has 0 saturated heterocycles. The van der Waals surface area contributed by atoms with E-state index in [1.807, 2.05) is 31.2 Å². The summed E-state index contributed by atoms with van der Waals surface area (Å²) < 4.78 is 16.3. The summed E-state index contributed by atoms with van der Waals surface area (Å²) in [4.78, 5) is 0. The first-order chi connectivity index (χ1) is 6.90. The second-order valence-corrected chi connectivity index (χ2v) is 3.13. The van der Waals surface area contributed by atoms with Gasteiger partial charge in [-0.15, -0.1) is 0 Å². The van der Waals surface area contributed by atoms with Crippen LogP contribution >= 0.6 is 0 Å². The van der Waals surface area contributed by atoms with E-state index in [0.29, 0.717) is 19.8 Å². The van der Waals surface area contributed by atoms with E-state index in [4.69, 9.17) is 14.2 Å². The molecule has 0 N–H and O–H groups in total. The van der Waals surface area contributed by atoms with Gasteiger partial charge in [-0.2, -0.15) is 0 Å². The fourth-order valence-corrected chi connectivity index (χ4v) is 1.39. The van der Waals surface area contributed by atoms with Gasteiger partial charge in [0, 0.05) is 12.2 Å². The summed E-state index contributed by atoms with van der Waals surface area (Å²) in [6.45, 7) is 3.74. The first kappa shape index (κ1) is 9.49. The summed E-state index contributed by atoms with van der Waals surface area (Å²) in [5, 5.41) is 0. The van der Waals surface area contributed by atoms with Crippen molar-refractivity contribution in [2.75, 3.05) is 13.2 Å². The van der Waals surface area contributed by atoms with E-state index in [-0.39, 0.29) is 6.29 Å². The highest BCUT2D eigenvalue weighted by Crippen LogP contribution is 2.25. The third-order valence-electron chi connectivity index (χ3n) is 2.11. The highest BCUT2D eigenvalue weighted by molar-refractivity contribution is 5.33. The van der Waals surface area contributed by atoms with Crippen LogP contribution in [0.1, 0.15) is 12.5 Å². The van der Waals surface area contributed by atoms with Crippen molar-refractivity contribution in [3.8, 4) is 5.75 Å². The average Bonchev–Trinajstić information content (AvgIpc) is 2.26. The molecule has 0 bridgehead atoms. The van der Waals surface area contributed by atoms with Crippen molar-refractivity contribution in [3.63, 3.8) is 0 Å². The smallest absolute Gasteiger partial charge is 0.223 e. The fraction of sp³-hybridized carbons (Fsp3) is 0.455. The predicted molar refractivity (Wildman–Crippen MR) is 52.1 cm³/mol. The molecule has 14 heavy (non-hydrogen) atoms.